The first kappa shape index (κ1) is 18.7. The van der Waals surface area contributed by atoms with Gasteiger partial charge in [-0.15, -0.1) is 0 Å². The lowest BCUT2D eigenvalue weighted by molar-refractivity contribution is -0.186. The molecule has 0 saturated heterocycles. The molecule has 0 heterocycles. The van der Waals surface area contributed by atoms with Gasteiger partial charge in [-0.25, -0.2) is 0 Å². The van der Waals surface area contributed by atoms with E-state index in [1.54, 1.807) is 0 Å². The normalized spacial score (nSPS) is 32.2. The van der Waals surface area contributed by atoms with E-state index in [-0.39, 0.29) is 11.5 Å². The molecule has 4 aliphatic rings. The number of methoxy groups -OCH3 is 1. The maximum Gasteiger partial charge on any atom is 0.255 e. The molecule has 4 heteroatoms. The van der Waals surface area contributed by atoms with Crippen molar-refractivity contribution in [3.63, 3.8) is 0 Å². The van der Waals surface area contributed by atoms with Crippen LogP contribution in [0.5, 0.6) is 11.5 Å². The van der Waals surface area contributed by atoms with Gasteiger partial charge in [-0.1, -0.05) is 30.3 Å². The maximum atomic E-state index is 13.1. The summed E-state index contributed by atoms with van der Waals surface area (Å²) in [6.07, 6.45) is 6.42. The fourth-order valence-electron chi connectivity index (χ4n) is 6.35. The standard InChI is InChI=1S/C25H29NO3/c1-28-25(19-12-17-11-18(14-19)15-20(25)13-17)16-26-24(27)22-9-5-6-10-23(22)29-21-7-3-2-4-8-21/h2-10,17-20H,11-16H2,1H3,(H,26,27). The predicted molar refractivity (Wildman–Crippen MR) is 112 cm³/mol. The minimum atomic E-state index is -0.210. The topological polar surface area (TPSA) is 47.6 Å². The fourth-order valence-corrected chi connectivity index (χ4v) is 6.35. The quantitative estimate of drug-likeness (QED) is 0.750. The molecule has 4 saturated carbocycles. The molecule has 1 amide bonds. The van der Waals surface area contributed by atoms with Crippen LogP contribution in [0.4, 0.5) is 0 Å². The van der Waals surface area contributed by atoms with Crippen molar-refractivity contribution < 1.29 is 14.3 Å². The number of hydrogen-bond acceptors (Lipinski definition) is 3. The van der Waals surface area contributed by atoms with Gasteiger partial charge in [0.15, 0.2) is 0 Å². The molecule has 0 atom stereocenters. The maximum absolute atomic E-state index is 13.1. The van der Waals surface area contributed by atoms with Crippen LogP contribution in [0.25, 0.3) is 0 Å². The van der Waals surface area contributed by atoms with E-state index in [1.165, 1.54) is 32.1 Å². The summed E-state index contributed by atoms with van der Waals surface area (Å²) in [6.45, 7) is 0.580. The van der Waals surface area contributed by atoms with Gasteiger partial charge in [0.2, 0.25) is 0 Å². The molecule has 2 aromatic carbocycles. The highest BCUT2D eigenvalue weighted by Crippen LogP contribution is 2.59. The summed E-state index contributed by atoms with van der Waals surface area (Å²) in [7, 11) is 1.83. The van der Waals surface area contributed by atoms with Gasteiger partial charge in [-0.3, -0.25) is 4.79 Å². The van der Waals surface area contributed by atoms with Gasteiger partial charge in [0.1, 0.15) is 11.5 Å². The van der Waals surface area contributed by atoms with E-state index < -0.39 is 0 Å². The number of carbonyl (C=O) groups is 1. The van der Waals surface area contributed by atoms with Crippen molar-refractivity contribution in [1.29, 1.82) is 0 Å². The molecule has 0 aliphatic heterocycles. The van der Waals surface area contributed by atoms with Gasteiger partial charge in [0.25, 0.3) is 5.91 Å². The van der Waals surface area contributed by atoms with Crippen molar-refractivity contribution in [3.05, 3.63) is 60.2 Å². The van der Waals surface area contributed by atoms with Crippen LogP contribution in [0.3, 0.4) is 0 Å². The van der Waals surface area contributed by atoms with E-state index >= 15 is 0 Å². The summed E-state index contributed by atoms with van der Waals surface area (Å²) in [5.74, 6) is 4.09. The van der Waals surface area contributed by atoms with Gasteiger partial charge >= 0.3 is 0 Å². The Balaban J connectivity index is 1.32. The number of rotatable bonds is 6. The molecule has 0 radical (unpaired) electrons. The van der Waals surface area contributed by atoms with Crippen LogP contribution in [-0.4, -0.2) is 25.2 Å². The van der Waals surface area contributed by atoms with E-state index in [1.807, 2.05) is 61.7 Å². The zero-order valence-electron chi connectivity index (χ0n) is 17.0. The van der Waals surface area contributed by atoms with Crippen LogP contribution < -0.4 is 10.1 Å². The monoisotopic (exact) mass is 391 g/mol. The van der Waals surface area contributed by atoms with Gasteiger partial charge in [-0.2, -0.15) is 0 Å². The Hall–Kier alpha value is -2.33. The highest BCUT2D eigenvalue weighted by Gasteiger charge is 2.57. The summed E-state index contributed by atoms with van der Waals surface area (Å²) in [4.78, 5) is 13.1. The second-order valence-corrected chi connectivity index (χ2v) is 9.06. The second kappa shape index (κ2) is 7.49. The molecule has 0 aromatic heterocycles. The Morgan fingerprint density at radius 1 is 0.931 bits per heavy atom. The molecular weight excluding hydrogens is 362 g/mol. The van der Waals surface area contributed by atoms with E-state index in [0.29, 0.717) is 29.7 Å². The number of carbonyl (C=O) groups excluding carboxylic acids is 1. The minimum absolute atomic E-state index is 0.0956. The lowest BCUT2D eigenvalue weighted by Crippen LogP contribution is -2.63. The van der Waals surface area contributed by atoms with Crippen LogP contribution in [0.1, 0.15) is 42.5 Å². The van der Waals surface area contributed by atoms with Crippen LogP contribution in [-0.2, 0) is 4.74 Å². The molecule has 4 aliphatic carbocycles. The van der Waals surface area contributed by atoms with Gasteiger partial charge < -0.3 is 14.8 Å². The molecule has 4 bridgehead atoms. The molecule has 2 aromatic rings. The molecule has 0 spiro atoms. The first-order valence-corrected chi connectivity index (χ1v) is 10.8. The molecule has 152 valence electrons. The lowest BCUT2D eigenvalue weighted by Gasteiger charge is -2.60. The van der Waals surface area contributed by atoms with Crippen LogP contribution in [0, 0.1) is 23.7 Å². The highest BCUT2D eigenvalue weighted by atomic mass is 16.5. The molecule has 0 unspecified atom stereocenters. The summed E-state index contributed by atoms with van der Waals surface area (Å²) < 4.78 is 12.2. The summed E-state index contributed by atoms with van der Waals surface area (Å²) in [6, 6.07) is 17.0. The summed E-state index contributed by atoms with van der Waals surface area (Å²) >= 11 is 0. The number of ether oxygens (including phenoxy) is 2. The Morgan fingerprint density at radius 3 is 2.21 bits per heavy atom. The zero-order valence-corrected chi connectivity index (χ0v) is 17.0. The van der Waals surface area contributed by atoms with Crippen molar-refractivity contribution in [1.82, 2.24) is 5.32 Å². The number of benzene rings is 2. The molecular formula is C25H29NO3. The highest BCUT2D eigenvalue weighted by molar-refractivity contribution is 5.97. The predicted octanol–water partition coefficient (Wildman–Crippen LogP) is 5.05. The Labute approximate surface area is 172 Å². The number of nitrogens with one attached hydrogen (secondary N) is 1. The number of hydrogen-bond donors (Lipinski definition) is 1. The van der Waals surface area contributed by atoms with E-state index in [0.717, 1.165) is 17.6 Å². The first-order chi connectivity index (χ1) is 14.2. The van der Waals surface area contributed by atoms with Gasteiger partial charge in [-0.05, 0) is 80.0 Å². The smallest absolute Gasteiger partial charge is 0.255 e. The Morgan fingerprint density at radius 2 is 1.55 bits per heavy atom. The van der Waals surface area contributed by atoms with Crippen molar-refractivity contribution in [2.45, 2.75) is 37.7 Å². The van der Waals surface area contributed by atoms with E-state index in [9.17, 15) is 4.79 Å². The van der Waals surface area contributed by atoms with E-state index in [2.05, 4.69) is 5.32 Å². The molecule has 4 fully saturated rings. The first-order valence-electron chi connectivity index (χ1n) is 10.8. The second-order valence-electron chi connectivity index (χ2n) is 9.06. The average Bonchev–Trinajstić information content (AvgIpc) is 2.74. The fraction of sp³-hybridized carbons (Fsp3) is 0.480. The Kier molecular flexibility index (Phi) is 4.83. The van der Waals surface area contributed by atoms with Crippen molar-refractivity contribution in [2.75, 3.05) is 13.7 Å². The number of para-hydroxylation sites is 2. The lowest BCUT2D eigenvalue weighted by atomic mass is 9.49. The van der Waals surface area contributed by atoms with Gasteiger partial charge in [0.05, 0.1) is 11.2 Å². The van der Waals surface area contributed by atoms with Crippen molar-refractivity contribution in [3.8, 4) is 11.5 Å². The van der Waals surface area contributed by atoms with Crippen LogP contribution in [0.2, 0.25) is 0 Å². The van der Waals surface area contributed by atoms with Crippen molar-refractivity contribution >= 4 is 5.91 Å². The van der Waals surface area contributed by atoms with Crippen molar-refractivity contribution in [2.24, 2.45) is 23.7 Å². The SMILES string of the molecule is COC1(CNC(=O)c2ccccc2Oc2ccccc2)C2CC3CC(C2)CC1C3. The summed E-state index contributed by atoms with van der Waals surface area (Å²) in [5, 5.41) is 3.20. The summed E-state index contributed by atoms with van der Waals surface area (Å²) in [5.41, 5.74) is 0.351. The molecule has 1 N–H and O–H groups in total. The van der Waals surface area contributed by atoms with Crippen LogP contribution >= 0.6 is 0 Å². The van der Waals surface area contributed by atoms with Crippen LogP contribution in [0.15, 0.2) is 54.6 Å². The largest absolute Gasteiger partial charge is 0.457 e. The third-order valence-corrected chi connectivity index (χ3v) is 7.53. The Bertz CT molecular complexity index is 851. The molecule has 29 heavy (non-hydrogen) atoms. The minimum Gasteiger partial charge on any atom is -0.457 e. The molecule has 6 rings (SSSR count). The van der Waals surface area contributed by atoms with Gasteiger partial charge in [0, 0.05) is 13.7 Å². The van der Waals surface area contributed by atoms with E-state index in [4.69, 9.17) is 9.47 Å². The third kappa shape index (κ3) is 3.33. The zero-order chi connectivity index (χ0) is 19.8. The molecule has 4 nitrogen and oxygen atoms in total. The third-order valence-electron chi connectivity index (χ3n) is 7.53. The average molecular weight is 392 g/mol. The number of amides is 1.